The quantitative estimate of drug-likeness (QED) is 0.598. The molecule has 0 aromatic rings. The maximum atomic E-state index is 12.6. The zero-order valence-corrected chi connectivity index (χ0v) is 12.7. The SMILES string of the molecule is O=C([C@@H]1CC[C@@H]2CN1C(=O)N2OS(=O)(=O)O)N1CCNCC1. The summed E-state index contributed by atoms with van der Waals surface area (Å²) in [5.41, 5.74) is 0. The van der Waals surface area contributed by atoms with Gasteiger partial charge in [-0.2, -0.15) is 13.5 Å². The molecule has 0 aliphatic carbocycles. The lowest BCUT2D eigenvalue weighted by Gasteiger charge is -2.35. The number of piperidine rings is 1. The molecule has 0 spiro atoms. The van der Waals surface area contributed by atoms with Gasteiger partial charge in [-0.3, -0.25) is 9.35 Å². The first kappa shape index (κ1) is 15.5. The number of urea groups is 1. The van der Waals surface area contributed by atoms with E-state index < -0.39 is 28.5 Å². The molecule has 124 valence electrons. The molecule has 3 fully saturated rings. The fourth-order valence-corrected chi connectivity index (χ4v) is 3.57. The summed E-state index contributed by atoms with van der Waals surface area (Å²) in [5.74, 6) is -0.123. The Balaban J connectivity index is 1.72. The fraction of sp³-hybridized carbons (Fsp3) is 0.818. The van der Waals surface area contributed by atoms with Gasteiger partial charge < -0.3 is 15.1 Å². The Morgan fingerprint density at radius 1 is 1.27 bits per heavy atom. The maximum Gasteiger partial charge on any atom is 0.418 e. The molecular weight excluding hydrogens is 316 g/mol. The highest BCUT2D eigenvalue weighted by atomic mass is 32.3. The van der Waals surface area contributed by atoms with Crippen LogP contribution in [0.25, 0.3) is 0 Å². The summed E-state index contributed by atoms with van der Waals surface area (Å²) >= 11 is 0. The van der Waals surface area contributed by atoms with Crippen molar-refractivity contribution in [3.63, 3.8) is 0 Å². The lowest BCUT2D eigenvalue weighted by molar-refractivity contribution is -0.137. The largest absolute Gasteiger partial charge is 0.418 e. The minimum atomic E-state index is -4.76. The van der Waals surface area contributed by atoms with E-state index in [9.17, 15) is 18.0 Å². The lowest BCUT2D eigenvalue weighted by atomic mass is 9.99. The van der Waals surface area contributed by atoms with Gasteiger partial charge in [-0.1, -0.05) is 0 Å². The van der Waals surface area contributed by atoms with Crippen LogP contribution in [0.1, 0.15) is 12.8 Å². The predicted octanol–water partition coefficient (Wildman–Crippen LogP) is -1.58. The van der Waals surface area contributed by atoms with Crippen LogP contribution in [0.4, 0.5) is 4.79 Å². The minimum Gasteiger partial charge on any atom is -0.338 e. The van der Waals surface area contributed by atoms with E-state index in [1.807, 2.05) is 0 Å². The zero-order valence-electron chi connectivity index (χ0n) is 11.8. The van der Waals surface area contributed by atoms with Gasteiger partial charge in [0.1, 0.15) is 6.04 Å². The van der Waals surface area contributed by atoms with Crippen molar-refractivity contribution in [3.8, 4) is 0 Å². The first-order valence-electron chi connectivity index (χ1n) is 7.13. The monoisotopic (exact) mass is 334 g/mol. The van der Waals surface area contributed by atoms with Crippen molar-refractivity contribution in [1.82, 2.24) is 20.2 Å². The third-order valence-electron chi connectivity index (χ3n) is 4.21. The van der Waals surface area contributed by atoms with Gasteiger partial charge in [-0.25, -0.2) is 4.79 Å². The first-order chi connectivity index (χ1) is 10.4. The molecule has 3 heterocycles. The van der Waals surface area contributed by atoms with Crippen LogP contribution in [0.15, 0.2) is 0 Å². The Kier molecular flexibility index (Phi) is 3.97. The molecule has 11 heteroatoms. The Labute approximate surface area is 127 Å². The molecule has 3 amide bonds. The van der Waals surface area contributed by atoms with Crippen LogP contribution in [0.3, 0.4) is 0 Å². The molecule has 2 bridgehead atoms. The van der Waals surface area contributed by atoms with Gasteiger partial charge in [-0.15, -0.1) is 4.28 Å². The molecule has 0 saturated carbocycles. The molecular formula is C11H18N4O6S. The van der Waals surface area contributed by atoms with E-state index in [2.05, 4.69) is 9.60 Å². The van der Waals surface area contributed by atoms with Gasteiger partial charge in [0.05, 0.1) is 6.04 Å². The molecule has 0 aromatic heterocycles. The van der Waals surface area contributed by atoms with Crippen molar-refractivity contribution in [2.45, 2.75) is 24.9 Å². The van der Waals surface area contributed by atoms with Crippen LogP contribution >= 0.6 is 0 Å². The summed E-state index contributed by atoms with van der Waals surface area (Å²) in [6.45, 7) is 2.83. The summed E-state index contributed by atoms with van der Waals surface area (Å²) in [6, 6.07) is -1.77. The predicted molar refractivity (Wildman–Crippen MR) is 72.8 cm³/mol. The third kappa shape index (κ3) is 2.89. The standard InChI is InChI=1S/C11H18N4O6S/c16-10(13-5-3-12-4-6-13)9-2-1-8-7-14(9)11(17)15(8)21-22(18,19)20/h8-9,12H,1-7H2,(H,18,19,20)/t8-,9+/m1/s1. The van der Waals surface area contributed by atoms with Crippen LogP contribution in [-0.4, -0.2) is 84.6 Å². The second kappa shape index (κ2) is 5.65. The van der Waals surface area contributed by atoms with Gasteiger partial charge in [0.25, 0.3) is 0 Å². The van der Waals surface area contributed by atoms with Crippen molar-refractivity contribution in [2.24, 2.45) is 0 Å². The summed E-state index contributed by atoms with van der Waals surface area (Å²) in [5, 5.41) is 3.80. The van der Waals surface area contributed by atoms with Crippen LogP contribution in [0.2, 0.25) is 0 Å². The van der Waals surface area contributed by atoms with Gasteiger partial charge in [0.2, 0.25) is 5.91 Å². The Hall–Kier alpha value is -1.43. The molecule has 3 aliphatic heterocycles. The topological polar surface area (TPSA) is 119 Å². The lowest BCUT2D eigenvalue weighted by Crippen LogP contribution is -2.55. The van der Waals surface area contributed by atoms with Crippen molar-refractivity contribution >= 4 is 22.3 Å². The van der Waals surface area contributed by atoms with E-state index >= 15 is 0 Å². The molecule has 10 nitrogen and oxygen atoms in total. The van der Waals surface area contributed by atoms with E-state index in [-0.39, 0.29) is 12.5 Å². The highest BCUT2D eigenvalue weighted by Gasteiger charge is 2.50. The number of hydrogen-bond donors (Lipinski definition) is 2. The number of piperazine rings is 1. The zero-order chi connectivity index (χ0) is 15.9. The Morgan fingerprint density at radius 2 is 1.95 bits per heavy atom. The first-order valence-corrected chi connectivity index (χ1v) is 8.49. The highest BCUT2D eigenvalue weighted by Crippen LogP contribution is 2.31. The molecule has 22 heavy (non-hydrogen) atoms. The minimum absolute atomic E-state index is 0.123. The normalized spacial score (nSPS) is 29.1. The number of rotatable bonds is 3. The van der Waals surface area contributed by atoms with Crippen LogP contribution in [0.5, 0.6) is 0 Å². The Morgan fingerprint density at radius 3 is 2.59 bits per heavy atom. The molecule has 0 aromatic carbocycles. The second-order valence-corrected chi connectivity index (χ2v) is 6.59. The van der Waals surface area contributed by atoms with Gasteiger partial charge >= 0.3 is 16.4 Å². The number of carbonyl (C=O) groups is 2. The average Bonchev–Trinajstić information content (AvgIpc) is 2.71. The average molecular weight is 334 g/mol. The number of amides is 3. The molecule has 3 rings (SSSR count). The van der Waals surface area contributed by atoms with E-state index in [0.29, 0.717) is 44.1 Å². The third-order valence-corrected chi connectivity index (χ3v) is 4.56. The second-order valence-electron chi connectivity index (χ2n) is 5.59. The summed E-state index contributed by atoms with van der Waals surface area (Å²) in [6.07, 6.45) is 0.894. The molecule has 2 atom stereocenters. The van der Waals surface area contributed by atoms with Crippen LogP contribution < -0.4 is 5.32 Å². The number of hydroxylamine groups is 2. The van der Waals surface area contributed by atoms with Crippen molar-refractivity contribution in [1.29, 1.82) is 0 Å². The summed E-state index contributed by atoms with van der Waals surface area (Å²) < 4.78 is 34.7. The molecule has 3 aliphatic rings. The van der Waals surface area contributed by atoms with Gasteiger partial charge in [0, 0.05) is 32.7 Å². The number of fused-ring (bicyclic) bond motifs is 2. The summed E-state index contributed by atoms with van der Waals surface area (Å²) in [7, 11) is -4.76. The van der Waals surface area contributed by atoms with E-state index in [1.165, 1.54) is 4.90 Å². The summed E-state index contributed by atoms with van der Waals surface area (Å²) in [4.78, 5) is 27.8. The number of hydrogen-bond acceptors (Lipinski definition) is 6. The van der Waals surface area contributed by atoms with Gasteiger partial charge in [0.15, 0.2) is 0 Å². The van der Waals surface area contributed by atoms with Crippen molar-refractivity contribution in [3.05, 3.63) is 0 Å². The van der Waals surface area contributed by atoms with Gasteiger partial charge in [-0.05, 0) is 12.8 Å². The Bertz CT molecular complexity index is 575. The number of carbonyl (C=O) groups excluding carboxylic acids is 2. The van der Waals surface area contributed by atoms with Crippen molar-refractivity contribution < 1.29 is 26.8 Å². The van der Waals surface area contributed by atoms with E-state index in [1.54, 1.807) is 4.90 Å². The molecule has 0 radical (unpaired) electrons. The van der Waals surface area contributed by atoms with Crippen molar-refractivity contribution in [2.75, 3.05) is 32.7 Å². The van der Waals surface area contributed by atoms with E-state index in [0.717, 1.165) is 0 Å². The molecule has 2 N–H and O–H groups in total. The fourth-order valence-electron chi connectivity index (χ4n) is 3.18. The molecule has 0 unspecified atom stereocenters. The number of nitrogens with zero attached hydrogens (tertiary/aromatic N) is 3. The van der Waals surface area contributed by atoms with Crippen LogP contribution in [-0.2, 0) is 19.5 Å². The number of nitrogens with one attached hydrogen (secondary N) is 1. The van der Waals surface area contributed by atoms with E-state index in [4.69, 9.17) is 4.55 Å². The van der Waals surface area contributed by atoms with Crippen LogP contribution in [0, 0.1) is 0 Å². The molecule has 3 saturated heterocycles. The smallest absolute Gasteiger partial charge is 0.338 e. The maximum absolute atomic E-state index is 12.6. The highest BCUT2D eigenvalue weighted by molar-refractivity contribution is 7.80.